The van der Waals surface area contributed by atoms with Gasteiger partial charge in [-0.15, -0.1) is 0 Å². The Morgan fingerprint density at radius 3 is 2.44 bits per heavy atom. The van der Waals surface area contributed by atoms with Gasteiger partial charge in [0.1, 0.15) is 0 Å². The lowest BCUT2D eigenvalue weighted by Gasteiger charge is -2.24. The number of aliphatic hydroxyl groups excluding tert-OH is 1. The van der Waals surface area contributed by atoms with Crippen LogP contribution in [0.25, 0.3) is 0 Å². The minimum atomic E-state index is -1.10. The third-order valence-corrected chi connectivity index (χ3v) is 3.40. The van der Waals surface area contributed by atoms with Crippen LogP contribution in [0.5, 0.6) is 0 Å². The van der Waals surface area contributed by atoms with E-state index in [1.165, 1.54) is 4.90 Å². The summed E-state index contributed by atoms with van der Waals surface area (Å²) in [5, 5.41) is 18.7. The minimum Gasteiger partial charge on any atom is -0.479 e. The van der Waals surface area contributed by atoms with Gasteiger partial charge in [-0.1, -0.05) is 28.1 Å². The molecule has 2 N–H and O–H groups in total. The normalized spacial score (nSPS) is 21.1. The Balaban J connectivity index is 2.32. The summed E-state index contributed by atoms with van der Waals surface area (Å²) in [6, 6.07) is 5.72. The van der Waals surface area contributed by atoms with E-state index in [1.54, 1.807) is 24.3 Å². The predicted octanol–water partition coefficient (Wildman–Crippen LogP) is 1.17. The van der Waals surface area contributed by atoms with Crippen LogP contribution >= 0.6 is 15.9 Å². The van der Waals surface area contributed by atoms with Gasteiger partial charge in [0.2, 0.25) is 5.91 Å². The Bertz CT molecular complexity index is 473. The van der Waals surface area contributed by atoms with Crippen LogP contribution in [0.3, 0.4) is 0 Å². The number of hydrogen-bond donors (Lipinski definition) is 2. The Kier molecular flexibility index (Phi) is 3.68. The second-order valence-electron chi connectivity index (χ2n) is 4.20. The number of carbonyl (C=O) groups is 2. The van der Waals surface area contributed by atoms with Gasteiger partial charge in [-0.25, -0.2) is 4.79 Å². The number of carboxylic acid groups (broad SMARTS) is 1. The molecule has 1 aliphatic rings. The standard InChI is InChI=1S/C12H12BrNO4/c13-8-3-1-7(2-4-8)11(12(17)18)14-6-9(15)5-10(14)16/h1-4,9,11,15H,5-6H2,(H,17,18). The van der Waals surface area contributed by atoms with E-state index < -0.39 is 18.1 Å². The maximum Gasteiger partial charge on any atom is 0.331 e. The minimum absolute atomic E-state index is 0.0136. The highest BCUT2D eigenvalue weighted by atomic mass is 79.9. The van der Waals surface area contributed by atoms with Crippen LogP contribution in [-0.4, -0.2) is 39.6 Å². The van der Waals surface area contributed by atoms with E-state index in [0.29, 0.717) is 5.56 Å². The summed E-state index contributed by atoms with van der Waals surface area (Å²) in [6.07, 6.45) is -0.796. The Morgan fingerprint density at radius 1 is 1.39 bits per heavy atom. The second-order valence-corrected chi connectivity index (χ2v) is 5.11. The number of halogens is 1. The van der Waals surface area contributed by atoms with Gasteiger partial charge >= 0.3 is 5.97 Å². The van der Waals surface area contributed by atoms with E-state index in [4.69, 9.17) is 0 Å². The van der Waals surface area contributed by atoms with Crippen molar-refractivity contribution in [1.29, 1.82) is 0 Å². The van der Waals surface area contributed by atoms with Gasteiger partial charge in [-0.2, -0.15) is 0 Å². The largest absolute Gasteiger partial charge is 0.479 e. The van der Waals surface area contributed by atoms with Gasteiger partial charge in [-0.3, -0.25) is 4.79 Å². The molecule has 1 amide bonds. The van der Waals surface area contributed by atoms with E-state index in [1.807, 2.05) is 0 Å². The van der Waals surface area contributed by atoms with Crippen molar-refractivity contribution in [1.82, 2.24) is 4.90 Å². The van der Waals surface area contributed by atoms with Crippen LogP contribution in [0, 0.1) is 0 Å². The van der Waals surface area contributed by atoms with Crippen molar-refractivity contribution in [3.05, 3.63) is 34.3 Å². The number of β-amino-alcohol motifs (C(OH)–C–C–N with tert-alkyl or cyclic N) is 1. The molecule has 6 heteroatoms. The number of aliphatic carboxylic acids is 1. The summed E-state index contributed by atoms with van der Waals surface area (Å²) in [6.45, 7) is 0.0614. The number of nitrogens with zero attached hydrogens (tertiary/aromatic N) is 1. The Morgan fingerprint density at radius 2 is 2.00 bits per heavy atom. The highest BCUT2D eigenvalue weighted by Gasteiger charge is 2.37. The van der Waals surface area contributed by atoms with Crippen molar-refractivity contribution in [2.45, 2.75) is 18.6 Å². The Hall–Kier alpha value is -1.40. The SMILES string of the molecule is O=C(O)C(c1ccc(Br)cc1)N1CC(O)CC1=O. The number of benzene rings is 1. The first-order valence-electron chi connectivity index (χ1n) is 5.45. The van der Waals surface area contributed by atoms with Gasteiger partial charge in [0.15, 0.2) is 6.04 Å². The molecule has 2 atom stereocenters. The zero-order valence-corrected chi connectivity index (χ0v) is 11.0. The molecule has 0 bridgehead atoms. The van der Waals surface area contributed by atoms with Crippen molar-refractivity contribution in [2.75, 3.05) is 6.54 Å². The summed E-state index contributed by atoms with van der Waals surface area (Å²) in [5.41, 5.74) is 0.521. The maximum atomic E-state index is 11.7. The first-order valence-corrected chi connectivity index (χ1v) is 6.24. The third kappa shape index (κ3) is 2.54. The van der Waals surface area contributed by atoms with Crippen molar-refractivity contribution in [3.8, 4) is 0 Å². The molecule has 1 fully saturated rings. The number of carboxylic acids is 1. The molecular formula is C12H12BrNO4. The molecule has 5 nitrogen and oxygen atoms in total. The molecule has 0 aliphatic carbocycles. The Labute approximate surface area is 112 Å². The first kappa shape index (κ1) is 13.0. The highest BCUT2D eigenvalue weighted by Crippen LogP contribution is 2.27. The van der Waals surface area contributed by atoms with Crippen molar-refractivity contribution in [3.63, 3.8) is 0 Å². The van der Waals surface area contributed by atoms with Crippen LogP contribution in [0.4, 0.5) is 0 Å². The summed E-state index contributed by atoms with van der Waals surface area (Å²) in [7, 11) is 0. The molecule has 0 spiro atoms. The number of rotatable bonds is 3. The zero-order chi connectivity index (χ0) is 13.3. The summed E-state index contributed by atoms with van der Waals surface area (Å²) in [4.78, 5) is 24.2. The predicted molar refractivity (Wildman–Crippen MR) is 66.9 cm³/mol. The van der Waals surface area contributed by atoms with E-state index in [-0.39, 0.29) is 18.9 Å². The molecular weight excluding hydrogens is 302 g/mol. The summed E-state index contributed by atoms with van der Waals surface area (Å²) in [5.74, 6) is -1.43. The molecule has 1 aromatic rings. The molecule has 1 aromatic carbocycles. The third-order valence-electron chi connectivity index (χ3n) is 2.87. The number of aliphatic hydroxyl groups is 1. The molecule has 2 rings (SSSR count). The molecule has 1 saturated heterocycles. The smallest absolute Gasteiger partial charge is 0.331 e. The lowest BCUT2D eigenvalue weighted by atomic mass is 10.1. The van der Waals surface area contributed by atoms with Crippen molar-refractivity contribution < 1.29 is 19.8 Å². The molecule has 18 heavy (non-hydrogen) atoms. The van der Waals surface area contributed by atoms with Gasteiger partial charge in [-0.05, 0) is 17.7 Å². The van der Waals surface area contributed by atoms with Crippen LogP contribution in [-0.2, 0) is 9.59 Å². The van der Waals surface area contributed by atoms with E-state index >= 15 is 0 Å². The summed E-state index contributed by atoms with van der Waals surface area (Å²) >= 11 is 3.27. The quantitative estimate of drug-likeness (QED) is 0.878. The van der Waals surface area contributed by atoms with Crippen LogP contribution in [0.2, 0.25) is 0 Å². The molecule has 2 unspecified atom stereocenters. The maximum absolute atomic E-state index is 11.7. The fourth-order valence-corrected chi connectivity index (χ4v) is 2.33. The lowest BCUT2D eigenvalue weighted by Crippen LogP contribution is -2.35. The molecule has 1 heterocycles. The molecule has 1 aliphatic heterocycles. The van der Waals surface area contributed by atoms with Crippen molar-refractivity contribution in [2.24, 2.45) is 0 Å². The highest BCUT2D eigenvalue weighted by molar-refractivity contribution is 9.10. The van der Waals surface area contributed by atoms with Gasteiger partial charge < -0.3 is 15.1 Å². The number of likely N-dealkylation sites (tertiary alicyclic amines) is 1. The summed E-state index contributed by atoms with van der Waals surface area (Å²) < 4.78 is 0.836. The average molecular weight is 314 g/mol. The van der Waals surface area contributed by atoms with Crippen LogP contribution in [0.1, 0.15) is 18.0 Å². The van der Waals surface area contributed by atoms with Crippen molar-refractivity contribution >= 4 is 27.8 Å². The monoisotopic (exact) mass is 313 g/mol. The van der Waals surface area contributed by atoms with Gasteiger partial charge in [0, 0.05) is 11.0 Å². The zero-order valence-electron chi connectivity index (χ0n) is 9.41. The number of carbonyl (C=O) groups excluding carboxylic acids is 1. The molecule has 0 aromatic heterocycles. The average Bonchev–Trinajstić information content (AvgIpc) is 2.61. The van der Waals surface area contributed by atoms with Crippen LogP contribution < -0.4 is 0 Å². The van der Waals surface area contributed by atoms with E-state index in [9.17, 15) is 19.8 Å². The fraction of sp³-hybridized carbons (Fsp3) is 0.333. The van der Waals surface area contributed by atoms with Gasteiger partial charge in [0.05, 0.1) is 12.5 Å². The fourth-order valence-electron chi connectivity index (χ4n) is 2.06. The lowest BCUT2D eigenvalue weighted by molar-refractivity contribution is -0.148. The second kappa shape index (κ2) is 5.07. The molecule has 96 valence electrons. The molecule has 0 radical (unpaired) electrons. The van der Waals surface area contributed by atoms with Crippen LogP contribution in [0.15, 0.2) is 28.7 Å². The van der Waals surface area contributed by atoms with Gasteiger partial charge in [0.25, 0.3) is 0 Å². The van der Waals surface area contributed by atoms with E-state index in [2.05, 4.69) is 15.9 Å². The topological polar surface area (TPSA) is 77.8 Å². The first-order chi connectivity index (χ1) is 8.49. The molecule has 0 saturated carbocycles. The number of amides is 1. The number of hydrogen-bond acceptors (Lipinski definition) is 3. The van der Waals surface area contributed by atoms with E-state index in [0.717, 1.165) is 4.47 Å².